The molecule has 106 valence electrons. The maximum atomic E-state index is 4.73. The number of aromatic nitrogens is 2. The van der Waals surface area contributed by atoms with Crippen LogP contribution in [0.5, 0.6) is 0 Å². The molecular formula is C16H22N4. The van der Waals surface area contributed by atoms with E-state index in [-0.39, 0.29) is 0 Å². The van der Waals surface area contributed by atoms with Gasteiger partial charge in [0.2, 0.25) is 0 Å². The van der Waals surface area contributed by atoms with Crippen molar-refractivity contribution in [2.75, 3.05) is 24.5 Å². The molecule has 2 aromatic rings. The molecule has 0 unspecified atom stereocenters. The second kappa shape index (κ2) is 4.48. The topological polar surface area (TPSA) is 24.3 Å². The second-order valence-electron chi connectivity index (χ2n) is 6.30. The number of anilines is 1. The smallest absolute Gasteiger partial charge is 0.140 e. The van der Waals surface area contributed by atoms with Gasteiger partial charge < -0.3 is 9.47 Å². The van der Waals surface area contributed by atoms with Crippen LogP contribution in [-0.2, 0) is 13.1 Å². The molecule has 0 radical (unpaired) electrons. The molecule has 0 atom stereocenters. The molecule has 0 saturated carbocycles. The van der Waals surface area contributed by atoms with Gasteiger partial charge in [0.1, 0.15) is 5.65 Å². The molecule has 4 nitrogen and oxygen atoms in total. The van der Waals surface area contributed by atoms with Crippen molar-refractivity contribution >= 4 is 16.7 Å². The van der Waals surface area contributed by atoms with E-state index in [1.807, 2.05) is 6.20 Å². The summed E-state index contributed by atoms with van der Waals surface area (Å²) in [5.74, 6) is 0. The summed E-state index contributed by atoms with van der Waals surface area (Å²) in [4.78, 5) is 9.67. The average molecular weight is 270 g/mol. The Morgan fingerprint density at radius 3 is 2.65 bits per heavy atom. The molecule has 0 aliphatic carbocycles. The molecule has 1 saturated heterocycles. The van der Waals surface area contributed by atoms with Crippen molar-refractivity contribution in [1.82, 2.24) is 14.5 Å². The third-order valence-electron chi connectivity index (χ3n) is 4.73. The average Bonchev–Trinajstić information content (AvgIpc) is 2.73. The number of hydrogen-bond donors (Lipinski definition) is 0. The van der Waals surface area contributed by atoms with Crippen LogP contribution in [-0.4, -0.2) is 40.1 Å². The Hall–Kier alpha value is -1.55. The van der Waals surface area contributed by atoms with Crippen LogP contribution in [0.1, 0.15) is 26.0 Å². The molecule has 4 heteroatoms. The SMILES string of the molecule is CC(C)N1CCn2c(cc3cc(N4CCC4)cnc32)C1. The lowest BCUT2D eigenvalue weighted by atomic mass is 10.2. The third-order valence-corrected chi connectivity index (χ3v) is 4.73. The highest BCUT2D eigenvalue weighted by molar-refractivity contribution is 5.81. The summed E-state index contributed by atoms with van der Waals surface area (Å²) in [5.41, 5.74) is 3.85. The molecule has 0 bridgehead atoms. The van der Waals surface area contributed by atoms with E-state index >= 15 is 0 Å². The zero-order chi connectivity index (χ0) is 13.7. The van der Waals surface area contributed by atoms with Gasteiger partial charge in [-0.2, -0.15) is 0 Å². The van der Waals surface area contributed by atoms with E-state index in [9.17, 15) is 0 Å². The quantitative estimate of drug-likeness (QED) is 0.838. The molecular weight excluding hydrogens is 248 g/mol. The van der Waals surface area contributed by atoms with Gasteiger partial charge in [0, 0.05) is 49.8 Å². The maximum Gasteiger partial charge on any atom is 0.140 e. The number of hydrogen-bond acceptors (Lipinski definition) is 3. The van der Waals surface area contributed by atoms with Crippen molar-refractivity contribution in [3.63, 3.8) is 0 Å². The first kappa shape index (κ1) is 12.2. The fraction of sp³-hybridized carbons (Fsp3) is 0.562. The van der Waals surface area contributed by atoms with E-state index in [1.54, 1.807) is 0 Å². The van der Waals surface area contributed by atoms with E-state index in [0.29, 0.717) is 6.04 Å². The molecule has 4 heterocycles. The minimum atomic E-state index is 0.617. The van der Waals surface area contributed by atoms with Crippen LogP contribution in [0.25, 0.3) is 11.0 Å². The molecule has 4 rings (SSSR count). The normalized spacial score (nSPS) is 19.4. The second-order valence-corrected chi connectivity index (χ2v) is 6.30. The Morgan fingerprint density at radius 1 is 1.10 bits per heavy atom. The van der Waals surface area contributed by atoms with Crippen LogP contribution >= 0.6 is 0 Å². The minimum absolute atomic E-state index is 0.617. The summed E-state index contributed by atoms with van der Waals surface area (Å²) in [6.45, 7) is 10.2. The number of rotatable bonds is 2. The molecule has 2 aliphatic rings. The van der Waals surface area contributed by atoms with Gasteiger partial charge in [-0.1, -0.05) is 0 Å². The van der Waals surface area contributed by atoms with Gasteiger partial charge in [-0.3, -0.25) is 4.90 Å². The summed E-state index contributed by atoms with van der Waals surface area (Å²) in [7, 11) is 0. The zero-order valence-corrected chi connectivity index (χ0v) is 12.3. The van der Waals surface area contributed by atoms with E-state index in [1.165, 1.54) is 36.3 Å². The molecule has 0 spiro atoms. The van der Waals surface area contributed by atoms with E-state index < -0.39 is 0 Å². The van der Waals surface area contributed by atoms with E-state index in [2.05, 4.69) is 40.3 Å². The molecule has 2 aromatic heterocycles. The van der Waals surface area contributed by atoms with Gasteiger partial charge in [-0.25, -0.2) is 4.98 Å². The number of nitrogens with zero attached hydrogens (tertiary/aromatic N) is 4. The Labute approximate surface area is 120 Å². The standard InChI is InChI=1S/C16H22N4/c1-12(2)19-6-7-20-15(11-19)9-13-8-14(10-17-16(13)20)18-4-3-5-18/h8-10,12H,3-7,11H2,1-2H3. The molecule has 0 amide bonds. The van der Waals surface area contributed by atoms with Gasteiger partial charge in [-0.05, 0) is 32.4 Å². The maximum absolute atomic E-state index is 4.73. The monoisotopic (exact) mass is 270 g/mol. The van der Waals surface area contributed by atoms with Gasteiger partial charge >= 0.3 is 0 Å². The van der Waals surface area contributed by atoms with Crippen molar-refractivity contribution in [3.8, 4) is 0 Å². The molecule has 1 fully saturated rings. The van der Waals surface area contributed by atoms with Crippen molar-refractivity contribution in [2.45, 2.75) is 39.4 Å². The highest BCUT2D eigenvalue weighted by Crippen LogP contribution is 2.28. The highest BCUT2D eigenvalue weighted by Gasteiger charge is 2.22. The van der Waals surface area contributed by atoms with Crippen LogP contribution in [0.4, 0.5) is 5.69 Å². The Morgan fingerprint density at radius 2 is 1.95 bits per heavy atom. The summed E-state index contributed by atoms with van der Waals surface area (Å²) < 4.78 is 2.40. The predicted octanol–water partition coefficient (Wildman–Crippen LogP) is 2.47. The summed E-state index contributed by atoms with van der Waals surface area (Å²) in [6.07, 6.45) is 3.36. The zero-order valence-electron chi connectivity index (χ0n) is 12.3. The van der Waals surface area contributed by atoms with E-state index in [4.69, 9.17) is 4.98 Å². The van der Waals surface area contributed by atoms with Crippen molar-refractivity contribution in [2.24, 2.45) is 0 Å². The Bertz CT molecular complexity index is 639. The molecule has 0 N–H and O–H groups in total. The molecule has 20 heavy (non-hydrogen) atoms. The van der Waals surface area contributed by atoms with E-state index in [0.717, 1.165) is 25.3 Å². The lowest BCUT2D eigenvalue weighted by Gasteiger charge is -2.33. The largest absolute Gasteiger partial charge is 0.370 e. The Balaban J connectivity index is 1.72. The fourth-order valence-electron chi connectivity index (χ4n) is 3.27. The summed E-state index contributed by atoms with van der Waals surface area (Å²) >= 11 is 0. The lowest BCUT2D eigenvalue weighted by Crippen LogP contribution is -2.38. The van der Waals surface area contributed by atoms with Gasteiger partial charge in [0.15, 0.2) is 0 Å². The van der Waals surface area contributed by atoms with Gasteiger partial charge in [0.05, 0.1) is 11.9 Å². The first-order valence-electron chi connectivity index (χ1n) is 7.69. The first-order valence-corrected chi connectivity index (χ1v) is 7.69. The Kier molecular flexibility index (Phi) is 2.74. The van der Waals surface area contributed by atoms with Gasteiger partial charge in [0.25, 0.3) is 0 Å². The highest BCUT2D eigenvalue weighted by atomic mass is 15.2. The van der Waals surface area contributed by atoms with Crippen LogP contribution in [0.2, 0.25) is 0 Å². The van der Waals surface area contributed by atoms with Gasteiger partial charge in [-0.15, -0.1) is 0 Å². The van der Waals surface area contributed by atoms with Crippen LogP contribution < -0.4 is 4.90 Å². The van der Waals surface area contributed by atoms with Crippen molar-refractivity contribution < 1.29 is 0 Å². The number of pyridine rings is 1. The predicted molar refractivity (Wildman–Crippen MR) is 82.1 cm³/mol. The summed E-state index contributed by atoms with van der Waals surface area (Å²) in [6, 6.07) is 5.26. The van der Waals surface area contributed by atoms with Crippen molar-refractivity contribution in [1.29, 1.82) is 0 Å². The first-order chi connectivity index (χ1) is 9.72. The van der Waals surface area contributed by atoms with Crippen LogP contribution in [0.15, 0.2) is 18.3 Å². The molecule has 0 aromatic carbocycles. The van der Waals surface area contributed by atoms with Crippen LogP contribution in [0.3, 0.4) is 0 Å². The fourth-order valence-corrected chi connectivity index (χ4v) is 3.27. The third kappa shape index (κ3) is 1.82. The summed E-state index contributed by atoms with van der Waals surface area (Å²) in [5, 5.41) is 1.30. The minimum Gasteiger partial charge on any atom is -0.370 e. The number of fused-ring (bicyclic) bond motifs is 3. The van der Waals surface area contributed by atoms with Crippen LogP contribution in [0, 0.1) is 0 Å². The van der Waals surface area contributed by atoms with Crippen molar-refractivity contribution in [3.05, 3.63) is 24.0 Å². The molecule has 2 aliphatic heterocycles. The lowest BCUT2D eigenvalue weighted by molar-refractivity contribution is 0.178.